The number of hydrogen-bond donors (Lipinski definition) is 0. The summed E-state index contributed by atoms with van der Waals surface area (Å²) in [6, 6.07) is 0. The smallest absolute Gasteiger partial charge is 0.425 e. The van der Waals surface area contributed by atoms with Crippen LogP contribution in [0.1, 0.15) is 152 Å². The Bertz CT molecular complexity index is 763. The van der Waals surface area contributed by atoms with Gasteiger partial charge in [-0.1, -0.05) is 57.4 Å². The van der Waals surface area contributed by atoms with Crippen molar-refractivity contribution in [1.82, 2.24) is 0 Å². The summed E-state index contributed by atoms with van der Waals surface area (Å²) in [6.45, 7) is 24.9. The van der Waals surface area contributed by atoms with Gasteiger partial charge in [0.1, 0.15) is 11.7 Å². The summed E-state index contributed by atoms with van der Waals surface area (Å²) in [4.78, 5) is 35.8. The monoisotopic (exact) mass is 619 g/mol. The highest BCUT2D eigenvalue weighted by atomic mass is 19.4. The highest BCUT2D eigenvalue weighted by Crippen LogP contribution is 2.30. The lowest BCUT2D eigenvalue weighted by Crippen LogP contribution is -2.39. The summed E-state index contributed by atoms with van der Waals surface area (Å²) in [6.07, 6.45) is -4.37. The third kappa shape index (κ3) is 21.0. The molecule has 0 saturated carbocycles. The van der Waals surface area contributed by atoms with Gasteiger partial charge in [0, 0.05) is 6.42 Å². The Morgan fingerprint density at radius 2 is 1.00 bits per heavy atom. The van der Waals surface area contributed by atoms with E-state index < -0.39 is 40.1 Å². The van der Waals surface area contributed by atoms with E-state index in [-0.39, 0.29) is 47.7 Å². The maximum absolute atomic E-state index is 12.4. The van der Waals surface area contributed by atoms with Crippen molar-refractivity contribution in [2.45, 2.75) is 176 Å². The second kappa shape index (κ2) is 20.2. The van der Waals surface area contributed by atoms with E-state index in [0.717, 1.165) is 19.8 Å². The van der Waals surface area contributed by atoms with Crippen molar-refractivity contribution in [1.29, 1.82) is 0 Å². The van der Waals surface area contributed by atoms with Crippen LogP contribution in [0.2, 0.25) is 0 Å². The second-order valence-corrected chi connectivity index (χ2v) is 13.3. The predicted molar refractivity (Wildman–Crippen MR) is 170 cm³/mol. The molecule has 0 aliphatic heterocycles. The van der Waals surface area contributed by atoms with Gasteiger partial charge in [0.25, 0.3) is 0 Å². The number of alkyl halides is 3. The number of esters is 3. The third-order valence-electron chi connectivity index (χ3n) is 6.33. The van der Waals surface area contributed by atoms with E-state index >= 15 is 0 Å². The van der Waals surface area contributed by atoms with Gasteiger partial charge in [0.15, 0.2) is 6.10 Å². The average Bonchev–Trinajstić information content (AvgIpc) is 2.71. The number of halogens is 3. The number of carbonyl (C=O) groups is 3. The van der Waals surface area contributed by atoms with Crippen molar-refractivity contribution in [3.8, 4) is 0 Å². The Morgan fingerprint density at radius 1 is 0.643 bits per heavy atom. The van der Waals surface area contributed by atoms with Crippen LogP contribution in [0.4, 0.5) is 13.2 Å². The molecule has 0 aliphatic carbocycles. The first-order valence-electron chi connectivity index (χ1n) is 13.4. The molecule has 2 unspecified atom stereocenters. The van der Waals surface area contributed by atoms with Crippen molar-refractivity contribution in [2.24, 2.45) is 22.2 Å². The van der Waals surface area contributed by atoms with E-state index in [1.54, 1.807) is 20.8 Å². The first-order valence-corrected chi connectivity index (χ1v) is 13.4. The van der Waals surface area contributed by atoms with Crippen LogP contribution in [0.15, 0.2) is 0 Å². The largest absolute Gasteiger partial charge is 0.462 e. The molecule has 6 nitrogen and oxygen atoms in total. The van der Waals surface area contributed by atoms with Gasteiger partial charge < -0.3 is 14.2 Å². The Labute approximate surface area is 258 Å². The molecular weight excluding hydrogens is 549 g/mol. The molecule has 2 atom stereocenters. The summed E-state index contributed by atoms with van der Waals surface area (Å²) in [5.41, 5.74) is -2.59. The van der Waals surface area contributed by atoms with Gasteiger partial charge in [0.2, 0.25) is 0 Å². The molecule has 0 rings (SSSR count). The zero-order chi connectivity index (χ0) is 30.9. The van der Waals surface area contributed by atoms with Crippen molar-refractivity contribution in [3.63, 3.8) is 0 Å². The lowest BCUT2D eigenvalue weighted by molar-refractivity contribution is -0.221. The Balaban J connectivity index is -0.000000157. The lowest BCUT2D eigenvalue weighted by atomic mass is 9.89. The molecule has 0 N–H and O–H groups in total. The van der Waals surface area contributed by atoms with Crippen LogP contribution in [0, 0.1) is 22.2 Å². The highest BCUT2D eigenvalue weighted by Gasteiger charge is 2.41. The Morgan fingerprint density at radius 3 is 1.29 bits per heavy atom. The minimum atomic E-state index is -4.49. The fourth-order valence-electron chi connectivity index (χ4n) is 2.68. The van der Waals surface area contributed by atoms with E-state index in [9.17, 15) is 27.6 Å². The van der Waals surface area contributed by atoms with E-state index in [1.807, 2.05) is 55.4 Å². The fourth-order valence-corrected chi connectivity index (χ4v) is 2.68. The van der Waals surface area contributed by atoms with Crippen LogP contribution in [-0.2, 0) is 28.6 Å². The topological polar surface area (TPSA) is 78.9 Å². The molecule has 42 heavy (non-hydrogen) atoms. The number of hydrogen-bond acceptors (Lipinski definition) is 6. The Hall–Kier alpha value is -1.80. The van der Waals surface area contributed by atoms with Crippen LogP contribution >= 0.6 is 0 Å². The van der Waals surface area contributed by atoms with Crippen molar-refractivity contribution >= 4 is 17.9 Å². The molecule has 0 heterocycles. The Kier molecular flexibility index (Phi) is 25.4. The summed E-state index contributed by atoms with van der Waals surface area (Å²) in [5.74, 6) is -0.851. The number of carbonyl (C=O) groups excluding carboxylic acids is 3. The minimum absolute atomic E-state index is 0. The predicted octanol–water partition coefficient (Wildman–Crippen LogP) is 10.6. The highest BCUT2D eigenvalue weighted by molar-refractivity contribution is 5.77. The molecule has 0 radical (unpaired) electrons. The van der Waals surface area contributed by atoms with E-state index in [4.69, 9.17) is 9.47 Å². The van der Waals surface area contributed by atoms with E-state index in [2.05, 4.69) is 18.6 Å². The zero-order valence-corrected chi connectivity index (χ0v) is 26.1. The van der Waals surface area contributed by atoms with E-state index in [0.29, 0.717) is 18.8 Å². The molecule has 0 spiro atoms. The van der Waals surface area contributed by atoms with Crippen LogP contribution in [0.5, 0.6) is 0 Å². The van der Waals surface area contributed by atoms with Crippen molar-refractivity contribution in [3.05, 3.63) is 0 Å². The molecule has 0 aliphatic rings. The van der Waals surface area contributed by atoms with Crippen molar-refractivity contribution in [2.75, 3.05) is 0 Å². The molecule has 0 amide bonds. The van der Waals surface area contributed by atoms with Crippen LogP contribution in [0.25, 0.3) is 0 Å². The van der Waals surface area contributed by atoms with Crippen LogP contribution in [0.3, 0.4) is 0 Å². The molecule has 0 bridgehead atoms. The second-order valence-electron chi connectivity index (χ2n) is 13.3. The average molecular weight is 619 g/mol. The minimum Gasteiger partial charge on any atom is -0.462 e. The quantitative estimate of drug-likeness (QED) is 0.169. The van der Waals surface area contributed by atoms with E-state index in [1.165, 1.54) is 0 Å². The van der Waals surface area contributed by atoms with Gasteiger partial charge in [-0.05, 0) is 94.4 Å². The maximum atomic E-state index is 12.4. The third-order valence-corrected chi connectivity index (χ3v) is 6.33. The molecule has 9 heteroatoms. The SMILES string of the molecule is C.C.C.C.CCC(C)(C)C(=O)OC(C)C(F)(F)F.CCC(C)(C)C(=O)OC(CC(C)C)CC(C)(C)OC(=O)C(C)(C)C. The maximum Gasteiger partial charge on any atom is 0.425 e. The zero-order valence-electron chi connectivity index (χ0n) is 26.1. The first kappa shape index (κ1) is 52.8. The van der Waals surface area contributed by atoms with Gasteiger partial charge in [-0.2, -0.15) is 13.2 Å². The lowest BCUT2D eigenvalue weighted by Gasteiger charge is -2.34. The summed E-state index contributed by atoms with van der Waals surface area (Å²) in [7, 11) is 0. The molecule has 0 saturated heterocycles. The first-order chi connectivity index (χ1) is 16.7. The van der Waals surface area contributed by atoms with Crippen molar-refractivity contribution < 1.29 is 41.8 Å². The molecule has 0 aromatic carbocycles. The summed E-state index contributed by atoms with van der Waals surface area (Å²) in [5, 5.41) is 0. The molecule has 0 aromatic heterocycles. The molecular formula is C33H69F3O6. The van der Waals surface area contributed by atoms with Crippen LogP contribution in [-0.4, -0.2) is 41.9 Å². The molecule has 258 valence electrons. The fraction of sp³-hybridized carbons (Fsp3) is 0.909. The van der Waals surface area contributed by atoms with Gasteiger partial charge in [0.05, 0.1) is 16.2 Å². The standard InChI is InChI=1S/C20H38O4.C9H15F3O2.4CH4/c1-11-19(7,8)17(22)23-15(12-14(2)3)13-20(9,10)24-16(21)18(4,5)6;1-5-8(3,4)7(13)14-6(2)9(10,11)12;;;;/h14-15H,11-13H2,1-10H3;6H,5H2,1-4H3;4*1H4. The van der Waals surface area contributed by atoms with Gasteiger partial charge in [-0.15, -0.1) is 0 Å². The van der Waals surface area contributed by atoms with Gasteiger partial charge >= 0.3 is 24.1 Å². The van der Waals surface area contributed by atoms with Gasteiger partial charge in [-0.3, -0.25) is 14.4 Å². The van der Waals surface area contributed by atoms with Gasteiger partial charge in [-0.25, -0.2) is 0 Å². The number of rotatable bonds is 11. The van der Waals surface area contributed by atoms with Crippen LogP contribution < -0.4 is 0 Å². The normalized spacial score (nSPS) is 13.3. The number of ether oxygens (including phenoxy) is 3. The molecule has 0 aromatic rings. The summed E-state index contributed by atoms with van der Waals surface area (Å²) >= 11 is 0. The summed E-state index contributed by atoms with van der Waals surface area (Å²) < 4.78 is 51.8. The molecule has 0 fully saturated rings.